The van der Waals surface area contributed by atoms with Gasteiger partial charge < -0.3 is 15.0 Å². The highest BCUT2D eigenvalue weighted by atomic mass is 16.7. The van der Waals surface area contributed by atoms with Crippen molar-refractivity contribution in [1.29, 1.82) is 0 Å². The molecule has 1 aliphatic rings. The number of unbranched alkanes of at least 4 members (excludes halogenated alkanes) is 1. The zero-order valence-electron chi connectivity index (χ0n) is 10.2. The molecule has 0 atom stereocenters. The van der Waals surface area contributed by atoms with Crippen molar-refractivity contribution in [3.63, 3.8) is 0 Å². The predicted octanol–water partition coefficient (Wildman–Crippen LogP) is 1.91. The molecule has 0 spiro atoms. The van der Waals surface area contributed by atoms with Crippen LogP contribution in [-0.4, -0.2) is 24.9 Å². The quantitative estimate of drug-likeness (QED) is 0.570. The van der Waals surface area contributed by atoms with Crippen molar-refractivity contribution >= 4 is 7.12 Å². The SMILES string of the molecule is CC1(C)OB(/C=C/CCCN)OC1(C)C. The molecule has 86 valence electrons. The summed E-state index contributed by atoms with van der Waals surface area (Å²) in [5.41, 5.74) is 4.93. The fraction of sp³-hybridized carbons (Fsp3) is 0.818. The topological polar surface area (TPSA) is 44.5 Å². The molecule has 0 bridgehead atoms. The molecular weight excluding hydrogens is 189 g/mol. The van der Waals surface area contributed by atoms with E-state index in [9.17, 15) is 0 Å². The van der Waals surface area contributed by atoms with E-state index in [1.165, 1.54) is 0 Å². The summed E-state index contributed by atoms with van der Waals surface area (Å²) in [4.78, 5) is 0. The average molecular weight is 211 g/mol. The number of rotatable bonds is 4. The van der Waals surface area contributed by atoms with Crippen LogP contribution in [0.1, 0.15) is 40.5 Å². The van der Waals surface area contributed by atoms with Gasteiger partial charge in [-0.25, -0.2) is 0 Å². The van der Waals surface area contributed by atoms with Crippen LogP contribution in [0, 0.1) is 0 Å². The fourth-order valence-electron chi connectivity index (χ4n) is 1.41. The third kappa shape index (κ3) is 3.07. The number of allylic oxidation sites excluding steroid dienone is 1. The number of nitrogens with two attached hydrogens (primary N) is 1. The largest absolute Gasteiger partial charge is 0.486 e. The van der Waals surface area contributed by atoms with Gasteiger partial charge in [-0.1, -0.05) is 12.1 Å². The first-order valence-corrected chi connectivity index (χ1v) is 5.61. The molecule has 1 heterocycles. The molecular formula is C11H22BNO2. The lowest BCUT2D eigenvalue weighted by molar-refractivity contribution is 0.00578. The molecule has 3 nitrogen and oxygen atoms in total. The van der Waals surface area contributed by atoms with Crippen LogP contribution < -0.4 is 5.73 Å². The van der Waals surface area contributed by atoms with Crippen LogP contribution in [-0.2, 0) is 9.31 Å². The Morgan fingerprint density at radius 2 is 1.67 bits per heavy atom. The van der Waals surface area contributed by atoms with E-state index in [-0.39, 0.29) is 18.3 Å². The minimum atomic E-state index is -0.240. The summed E-state index contributed by atoms with van der Waals surface area (Å²) in [5.74, 6) is 1.98. The Balaban J connectivity index is 2.45. The van der Waals surface area contributed by atoms with E-state index in [0.29, 0.717) is 0 Å². The maximum Gasteiger partial charge on any atom is 0.486 e. The average Bonchev–Trinajstić information content (AvgIpc) is 2.30. The molecule has 4 heteroatoms. The van der Waals surface area contributed by atoms with Gasteiger partial charge in [0, 0.05) is 0 Å². The van der Waals surface area contributed by atoms with E-state index in [0.717, 1.165) is 19.4 Å². The first kappa shape index (κ1) is 12.8. The Morgan fingerprint density at radius 1 is 1.13 bits per heavy atom. The van der Waals surface area contributed by atoms with Crippen LogP contribution >= 0.6 is 0 Å². The van der Waals surface area contributed by atoms with Gasteiger partial charge in [0.1, 0.15) is 0 Å². The van der Waals surface area contributed by atoms with Crippen molar-refractivity contribution < 1.29 is 9.31 Å². The van der Waals surface area contributed by atoms with Crippen LogP contribution in [0.2, 0.25) is 0 Å². The van der Waals surface area contributed by atoms with Crippen molar-refractivity contribution in [3.8, 4) is 0 Å². The monoisotopic (exact) mass is 211 g/mol. The molecule has 0 aromatic heterocycles. The van der Waals surface area contributed by atoms with Gasteiger partial charge in [-0.2, -0.15) is 0 Å². The second-order valence-corrected chi connectivity index (χ2v) is 4.98. The normalized spacial score (nSPS) is 23.9. The molecule has 0 aromatic rings. The van der Waals surface area contributed by atoms with Gasteiger partial charge in [-0.15, -0.1) is 0 Å². The molecule has 1 rings (SSSR count). The van der Waals surface area contributed by atoms with Gasteiger partial charge in [0.15, 0.2) is 0 Å². The minimum Gasteiger partial charge on any atom is -0.400 e. The van der Waals surface area contributed by atoms with Crippen LogP contribution in [0.25, 0.3) is 0 Å². The summed E-state index contributed by atoms with van der Waals surface area (Å²) in [6.07, 6.45) is 4.07. The zero-order valence-corrected chi connectivity index (χ0v) is 10.2. The van der Waals surface area contributed by atoms with Crippen LogP contribution in [0.3, 0.4) is 0 Å². The molecule has 0 aliphatic carbocycles. The highest BCUT2D eigenvalue weighted by Gasteiger charge is 2.49. The predicted molar refractivity (Wildman–Crippen MR) is 63.5 cm³/mol. The molecule has 15 heavy (non-hydrogen) atoms. The molecule has 0 unspecified atom stereocenters. The molecule has 0 amide bonds. The summed E-state index contributed by atoms with van der Waals surface area (Å²) < 4.78 is 11.6. The maximum absolute atomic E-state index is 5.80. The second-order valence-electron chi connectivity index (χ2n) is 4.98. The van der Waals surface area contributed by atoms with E-state index in [4.69, 9.17) is 15.0 Å². The van der Waals surface area contributed by atoms with Crippen molar-refractivity contribution in [2.75, 3.05) is 6.54 Å². The van der Waals surface area contributed by atoms with Crippen molar-refractivity contribution in [3.05, 3.63) is 12.1 Å². The standard InChI is InChI=1S/C11H22BNO2/c1-10(2)11(3,4)15-12(14-10)8-6-5-7-9-13/h6,8H,5,7,9,13H2,1-4H3/b8-6+. The van der Waals surface area contributed by atoms with Gasteiger partial charge in [0.2, 0.25) is 0 Å². The van der Waals surface area contributed by atoms with Gasteiger partial charge in [-0.05, 0) is 47.1 Å². The molecule has 0 saturated carbocycles. The molecule has 2 N–H and O–H groups in total. The minimum absolute atomic E-state index is 0.215. The highest BCUT2D eigenvalue weighted by Crippen LogP contribution is 2.36. The van der Waals surface area contributed by atoms with E-state index in [1.807, 2.05) is 5.98 Å². The van der Waals surface area contributed by atoms with Crippen molar-refractivity contribution in [2.45, 2.75) is 51.7 Å². The van der Waals surface area contributed by atoms with E-state index < -0.39 is 0 Å². The summed E-state index contributed by atoms with van der Waals surface area (Å²) in [5, 5.41) is 0. The molecule has 1 aliphatic heterocycles. The third-order valence-corrected chi connectivity index (χ3v) is 3.14. The highest BCUT2D eigenvalue weighted by molar-refractivity contribution is 6.51. The molecule has 1 saturated heterocycles. The summed E-state index contributed by atoms with van der Waals surface area (Å²) in [6, 6.07) is 0. The Bertz CT molecular complexity index is 223. The number of hydrogen-bond donors (Lipinski definition) is 1. The summed E-state index contributed by atoms with van der Waals surface area (Å²) in [7, 11) is -0.215. The molecule has 0 radical (unpaired) electrons. The maximum atomic E-state index is 5.80. The second kappa shape index (κ2) is 4.68. The van der Waals surface area contributed by atoms with E-state index >= 15 is 0 Å². The Morgan fingerprint density at radius 3 is 2.13 bits per heavy atom. The van der Waals surface area contributed by atoms with Gasteiger partial charge >= 0.3 is 7.12 Å². The third-order valence-electron chi connectivity index (χ3n) is 3.14. The zero-order chi connectivity index (χ0) is 11.5. The smallest absolute Gasteiger partial charge is 0.400 e. The molecule has 1 fully saturated rings. The van der Waals surface area contributed by atoms with Crippen LogP contribution in [0.15, 0.2) is 12.1 Å². The van der Waals surface area contributed by atoms with Gasteiger partial charge in [0.05, 0.1) is 11.2 Å². The van der Waals surface area contributed by atoms with Crippen LogP contribution in [0.5, 0.6) is 0 Å². The first-order valence-electron chi connectivity index (χ1n) is 5.61. The summed E-state index contributed by atoms with van der Waals surface area (Å²) >= 11 is 0. The van der Waals surface area contributed by atoms with Gasteiger partial charge in [-0.3, -0.25) is 0 Å². The van der Waals surface area contributed by atoms with E-state index in [1.54, 1.807) is 0 Å². The van der Waals surface area contributed by atoms with Crippen LogP contribution in [0.4, 0.5) is 0 Å². The Hall–Kier alpha value is -0.315. The van der Waals surface area contributed by atoms with E-state index in [2.05, 4.69) is 33.8 Å². The Kier molecular flexibility index (Phi) is 3.98. The van der Waals surface area contributed by atoms with Gasteiger partial charge in [0.25, 0.3) is 0 Å². The fourth-order valence-corrected chi connectivity index (χ4v) is 1.41. The number of hydrogen-bond acceptors (Lipinski definition) is 3. The Labute approximate surface area is 93.2 Å². The lowest BCUT2D eigenvalue weighted by Gasteiger charge is -2.32. The van der Waals surface area contributed by atoms with Crippen molar-refractivity contribution in [1.82, 2.24) is 0 Å². The first-order chi connectivity index (χ1) is 6.89. The lowest BCUT2D eigenvalue weighted by atomic mass is 9.89. The summed E-state index contributed by atoms with van der Waals surface area (Å²) in [6.45, 7) is 8.95. The lowest BCUT2D eigenvalue weighted by Crippen LogP contribution is -2.41. The van der Waals surface area contributed by atoms with Crippen molar-refractivity contribution in [2.24, 2.45) is 5.73 Å². The molecule has 0 aromatic carbocycles.